The summed E-state index contributed by atoms with van der Waals surface area (Å²) in [7, 11) is 0. The maximum Gasteiger partial charge on any atom is 0.227 e. The number of aromatic nitrogens is 6. The molecule has 0 fully saturated rings. The van der Waals surface area contributed by atoms with Crippen molar-refractivity contribution in [3.63, 3.8) is 0 Å². The molecule has 3 aromatic rings. The van der Waals surface area contributed by atoms with Gasteiger partial charge in [-0.2, -0.15) is 4.98 Å². The molecule has 2 aromatic heterocycles. The standard InChI is InChI=1S/C14H17N7O/c1-10(15-8-7-14-17-11(2)18-22-14)12-3-5-13(6-4-12)21-9-16-19-20-21/h3-6,9-10,15H,7-8H2,1-2H3/t10-/m0/s1. The van der Waals surface area contributed by atoms with Crippen molar-refractivity contribution in [1.82, 2.24) is 35.7 Å². The molecule has 0 saturated heterocycles. The third-order valence-corrected chi connectivity index (χ3v) is 3.37. The van der Waals surface area contributed by atoms with Crippen LogP contribution < -0.4 is 5.32 Å². The van der Waals surface area contributed by atoms with E-state index in [1.54, 1.807) is 11.0 Å². The Balaban J connectivity index is 1.54. The van der Waals surface area contributed by atoms with Crippen LogP contribution >= 0.6 is 0 Å². The lowest BCUT2D eigenvalue weighted by atomic mass is 10.1. The highest BCUT2D eigenvalue weighted by atomic mass is 16.5. The zero-order valence-electron chi connectivity index (χ0n) is 12.5. The lowest BCUT2D eigenvalue weighted by Gasteiger charge is -2.14. The van der Waals surface area contributed by atoms with E-state index in [1.807, 2.05) is 19.1 Å². The van der Waals surface area contributed by atoms with Gasteiger partial charge in [-0.1, -0.05) is 17.3 Å². The van der Waals surface area contributed by atoms with E-state index in [0.29, 0.717) is 18.1 Å². The van der Waals surface area contributed by atoms with Gasteiger partial charge in [0.2, 0.25) is 5.89 Å². The summed E-state index contributed by atoms with van der Waals surface area (Å²) in [6.45, 7) is 4.71. The predicted molar refractivity (Wildman–Crippen MR) is 78.3 cm³/mol. The topological polar surface area (TPSA) is 94.6 Å². The van der Waals surface area contributed by atoms with Crippen LogP contribution in [0.3, 0.4) is 0 Å². The van der Waals surface area contributed by atoms with Crippen molar-refractivity contribution in [2.45, 2.75) is 26.3 Å². The van der Waals surface area contributed by atoms with Crippen molar-refractivity contribution < 1.29 is 4.52 Å². The summed E-state index contributed by atoms with van der Waals surface area (Å²) >= 11 is 0. The third kappa shape index (κ3) is 3.34. The minimum Gasteiger partial charge on any atom is -0.339 e. The minimum atomic E-state index is 0.229. The van der Waals surface area contributed by atoms with Crippen molar-refractivity contribution in [3.05, 3.63) is 47.9 Å². The highest BCUT2D eigenvalue weighted by Gasteiger charge is 2.07. The van der Waals surface area contributed by atoms with Gasteiger partial charge in [0.05, 0.1) is 5.69 Å². The zero-order valence-corrected chi connectivity index (χ0v) is 12.5. The maximum absolute atomic E-state index is 5.09. The first-order valence-corrected chi connectivity index (χ1v) is 7.08. The summed E-state index contributed by atoms with van der Waals surface area (Å²) < 4.78 is 6.71. The number of hydrogen-bond acceptors (Lipinski definition) is 7. The average Bonchev–Trinajstić information content (AvgIpc) is 3.19. The molecular weight excluding hydrogens is 282 g/mol. The Morgan fingerprint density at radius 2 is 2.09 bits per heavy atom. The second-order valence-corrected chi connectivity index (χ2v) is 5.01. The Morgan fingerprint density at radius 3 is 2.73 bits per heavy atom. The van der Waals surface area contributed by atoms with Crippen LogP contribution in [0.15, 0.2) is 35.1 Å². The maximum atomic E-state index is 5.09. The SMILES string of the molecule is Cc1noc(CCN[C@@H](C)c2ccc(-n3cnnn3)cc2)n1. The molecule has 0 aliphatic heterocycles. The number of nitrogens with one attached hydrogen (secondary N) is 1. The third-order valence-electron chi connectivity index (χ3n) is 3.37. The molecule has 2 heterocycles. The highest BCUT2D eigenvalue weighted by Crippen LogP contribution is 2.15. The fourth-order valence-corrected chi connectivity index (χ4v) is 2.15. The molecule has 114 valence electrons. The van der Waals surface area contributed by atoms with Crippen LogP contribution in [-0.2, 0) is 6.42 Å². The quantitative estimate of drug-likeness (QED) is 0.731. The van der Waals surface area contributed by atoms with E-state index >= 15 is 0 Å². The van der Waals surface area contributed by atoms with Crippen LogP contribution in [0, 0.1) is 6.92 Å². The normalized spacial score (nSPS) is 12.5. The zero-order chi connectivity index (χ0) is 15.4. The fourth-order valence-electron chi connectivity index (χ4n) is 2.15. The smallest absolute Gasteiger partial charge is 0.227 e. The number of benzene rings is 1. The molecule has 22 heavy (non-hydrogen) atoms. The van der Waals surface area contributed by atoms with Crippen molar-refractivity contribution in [2.75, 3.05) is 6.54 Å². The van der Waals surface area contributed by atoms with E-state index in [0.717, 1.165) is 12.2 Å². The van der Waals surface area contributed by atoms with E-state index < -0.39 is 0 Å². The number of nitrogens with zero attached hydrogens (tertiary/aromatic N) is 6. The van der Waals surface area contributed by atoms with Crippen LogP contribution in [0.1, 0.15) is 30.2 Å². The van der Waals surface area contributed by atoms with Crippen LogP contribution in [0.4, 0.5) is 0 Å². The Kier molecular flexibility index (Phi) is 4.19. The van der Waals surface area contributed by atoms with Gasteiger partial charge < -0.3 is 9.84 Å². The molecule has 1 aromatic carbocycles. The predicted octanol–water partition coefficient (Wildman–Crippen LogP) is 1.25. The molecule has 0 unspecified atom stereocenters. The van der Waals surface area contributed by atoms with Crippen molar-refractivity contribution >= 4 is 0 Å². The first-order valence-electron chi connectivity index (χ1n) is 7.08. The summed E-state index contributed by atoms with van der Waals surface area (Å²) in [4.78, 5) is 4.18. The Labute approximate surface area is 127 Å². The molecule has 1 N–H and O–H groups in total. The molecule has 0 bridgehead atoms. The van der Waals surface area contributed by atoms with E-state index in [2.05, 4.69) is 50.0 Å². The van der Waals surface area contributed by atoms with E-state index in [4.69, 9.17) is 4.52 Å². The van der Waals surface area contributed by atoms with E-state index in [-0.39, 0.29) is 6.04 Å². The Bertz CT molecular complexity index is 705. The summed E-state index contributed by atoms with van der Waals surface area (Å²) in [5, 5.41) is 18.3. The number of hydrogen-bond donors (Lipinski definition) is 1. The molecule has 8 heteroatoms. The van der Waals surface area contributed by atoms with Crippen molar-refractivity contribution in [2.24, 2.45) is 0 Å². The second kappa shape index (κ2) is 6.44. The molecular formula is C14H17N7O. The van der Waals surface area contributed by atoms with E-state index in [1.165, 1.54) is 5.56 Å². The monoisotopic (exact) mass is 299 g/mol. The lowest BCUT2D eigenvalue weighted by molar-refractivity contribution is 0.370. The van der Waals surface area contributed by atoms with Gasteiger partial charge in [-0.05, 0) is 42.0 Å². The van der Waals surface area contributed by atoms with Gasteiger partial charge in [-0.3, -0.25) is 0 Å². The first kappa shape index (κ1) is 14.3. The van der Waals surface area contributed by atoms with Crippen molar-refractivity contribution in [1.29, 1.82) is 0 Å². The highest BCUT2D eigenvalue weighted by molar-refractivity contribution is 5.34. The molecule has 1 atom stereocenters. The van der Waals surface area contributed by atoms with Crippen molar-refractivity contribution in [3.8, 4) is 5.69 Å². The van der Waals surface area contributed by atoms with Gasteiger partial charge in [-0.15, -0.1) is 5.10 Å². The van der Waals surface area contributed by atoms with Gasteiger partial charge >= 0.3 is 0 Å². The molecule has 0 aliphatic carbocycles. The molecule has 0 aliphatic rings. The number of rotatable bonds is 6. The number of aryl methyl sites for hydroxylation is 1. The molecule has 0 saturated carbocycles. The summed E-state index contributed by atoms with van der Waals surface area (Å²) in [5.41, 5.74) is 2.13. The largest absolute Gasteiger partial charge is 0.339 e. The van der Waals surface area contributed by atoms with Gasteiger partial charge in [-0.25, -0.2) is 4.68 Å². The summed E-state index contributed by atoms with van der Waals surface area (Å²) in [6, 6.07) is 8.33. The van der Waals surface area contributed by atoms with Crippen LogP contribution in [0.25, 0.3) is 5.69 Å². The van der Waals surface area contributed by atoms with E-state index in [9.17, 15) is 0 Å². The van der Waals surface area contributed by atoms with Gasteiger partial charge in [0.25, 0.3) is 0 Å². The molecule has 0 spiro atoms. The Hall–Kier alpha value is -2.61. The van der Waals surface area contributed by atoms with Crippen LogP contribution in [0.2, 0.25) is 0 Å². The summed E-state index contributed by atoms with van der Waals surface area (Å²) in [6.07, 6.45) is 2.29. The van der Waals surface area contributed by atoms with Gasteiger partial charge in [0, 0.05) is 19.0 Å². The van der Waals surface area contributed by atoms with Crippen LogP contribution in [-0.4, -0.2) is 36.9 Å². The average molecular weight is 299 g/mol. The van der Waals surface area contributed by atoms with Gasteiger partial charge in [0.1, 0.15) is 6.33 Å². The Morgan fingerprint density at radius 1 is 1.27 bits per heavy atom. The fraction of sp³-hybridized carbons (Fsp3) is 0.357. The molecule has 3 rings (SSSR count). The molecule has 8 nitrogen and oxygen atoms in total. The minimum absolute atomic E-state index is 0.229. The number of tetrazole rings is 1. The first-order chi connectivity index (χ1) is 10.7. The lowest BCUT2D eigenvalue weighted by Crippen LogP contribution is -2.21. The second-order valence-electron chi connectivity index (χ2n) is 5.01. The molecule has 0 amide bonds. The van der Waals surface area contributed by atoms with Crippen LogP contribution in [0.5, 0.6) is 0 Å². The summed E-state index contributed by atoms with van der Waals surface area (Å²) in [5.74, 6) is 1.33. The van der Waals surface area contributed by atoms with Gasteiger partial charge in [0.15, 0.2) is 5.82 Å². The molecule has 0 radical (unpaired) electrons.